The van der Waals surface area contributed by atoms with Crippen LogP contribution in [0.25, 0.3) is 0 Å². The van der Waals surface area contributed by atoms with Gasteiger partial charge in [0.05, 0.1) is 12.2 Å². The van der Waals surface area contributed by atoms with Gasteiger partial charge >= 0.3 is 5.30 Å². The molecule has 0 saturated heterocycles. The molecule has 1 aromatic rings. The zero-order valence-electron chi connectivity index (χ0n) is 12.7. The van der Waals surface area contributed by atoms with Crippen molar-refractivity contribution in [3.05, 3.63) is 29.8 Å². The van der Waals surface area contributed by atoms with E-state index in [4.69, 9.17) is 22.1 Å². The maximum Gasteiger partial charge on any atom is 0.372 e. The van der Waals surface area contributed by atoms with Crippen LogP contribution in [-0.2, 0) is 9.53 Å². The lowest BCUT2D eigenvalue weighted by atomic mass is 10.2. The average molecular weight is 359 g/mol. The van der Waals surface area contributed by atoms with Gasteiger partial charge in [-0.25, -0.2) is 4.79 Å². The Morgan fingerprint density at radius 1 is 1.30 bits per heavy atom. The first kappa shape index (κ1) is 19.3. The Balaban J connectivity index is 2.68. The molecule has 0 aliphatic carbocycles. The van der Waals surface area contributed by atoms with Gasteiger partial charge < -0.3 is 15.8 Å². The maximum atomic E-state index is 12.2. The second-order valence-corrected chi connectivity index (χ2v) is 6.05. The smallest absolute Gasteiger partial charge is 0.372 e. The normalized spacial score (nSPS) is 11.6. The number of hydrogen-bond donors (Lipinski definition) is 2. The molecule has 126 valence electrons. The van der Waals surface area contributed by atoms with Crippen molar-refractivity contribution >= 4 is 40.5 Å². The van der Waals surface area contributed by atoms with Crippen molar-refractivity contribution in [2.45, 2.75) is 30.7 Å². The molecule has 3 N–H and O–H groups in total. The number of rotatable bonds is 8. The van der Waals surface area contributed by atoms with Gasteiger partial charge in [-0.15, -0.1) is 11.6 Å². The van der Waals surface area contributed by atoms with E-state index in [2.05, 4.69) is 5.32 Å². The molecule has 0 aliphatic heterocycles. The van der Waals surface area contributed by atoms with Crippen LogP contribution in [-0.4, -0.2) is 35.6 Å². The minimum atomic E-state index is -0.803. The highest BCUT2D eigenvalue weighted by Crippen LogP contribution is 2.24. The molecular weight excluding hydrogens is 340 g/mol. The number of nitrogens with one attached hydrogen (secondary N) is 1. The minimum Gasteiger partial charge on any atom is -0.457 e. The lowest BCUT2D eigenvalue weighted by molar-refractivity contribution is -0.119. The fourth-order valence-corrected chi connectivity index (χ4v) is 2.49. The molecule has 6 nitrogen and oxygen atoms in total. The van der Waals surface area contributed by atoms with Gasteiger partial charge in [0.2, 0.25) is 5.91 Å². The second-order valence-electron chi connectivity index (χ2n) is 4.69. The SMILES string of the molecule is C[C@H](NC(=O)c1ccccc1SC(=O)OCCCCCl)C(N)=O. The largest absolute Gasteiger partial charge is 0.457 e. The summed E-state index contributed by atoms with van der Waals surface area (Å²) in [5, 5.41) is 1.98. The van der Waals surface area contributed by atoms with E-state index in [1.807, 2.05) is 0 Å². The summed E-state index contributed by atoms with van der Waals surface area (Å²) in [5.41, 5.74) is 5.40. The van der Waals surface area contributed by atoms with Gasteiger partial charge in [-0.05, 0) is 43.7 Å². The molecule has 0 aromatic heterocycles. The number of thioether (sulfide) groups is 1. The van der Waals surface area contributed by atoms with Crippen LogP contribution in [0.15, 0.2) is 29.2 Å². The predicted octanol–water partition coefficient (Wildman–Crippen LogP) is 2.54. The van der Waals surface area contributed by atoms with Gasteiger partial charge in [0.1, 0.15) is 6.04 Å². The minimum absolute atomic E-state index is 0.281. The number of carbonyl (C=O) groups excluding carboxylic acids is 3. The van der Waals surface area contributed by atoms with Crippen molar-refractivity contribution in [3.63, 3.8) is 0 Å². The number of benzene rings is 1. The molecule has 0 aliphatic rings. The summed E-state index contributed by atoms with van der Waals surface area (Å²) in [6, 6.07) is 5.76. The van der Waals surface area contributed by atoms with E-state index < -0.39 is 23.2 Å². The van der Waals surface area contributed by atoms with E-state index in [9.17, 15) is 14.4 Å². The zero-order valence-corrected chi connectivity index (χ0v) is 14.3. The van der Waals surface area contributed by atoms with E-state index in [0.717, 1.165) is 18.2 Å². The van der Waals surface area contributed by atoms with Gasteiger partial charge in [0.25, 0.3) is 5.91 Å². The number of halogens is 1. The van der Waals surface area contributed by atoms with Crippen LogP contribution in [0.2, 0.25) is 0 Å². The van der Waals surface area contributed by atoms with Crippen molar-refractivity contribution in [2.75, 3.05) is 12.5 Å². The highest BCUT2D eigenvalue weighted by molar-refractivity contribution is 8.13. The monoisotopic (exact) mass is 358 g/mol. The number of hydrogen-bond acceptors (Lipinski definition) is 5. The Morgan fingerprint density at radius 3 is 2.65 bits per heavy atom. The summed E-state index contributed by atoms with van der Waals surface area (Å²) >= 11 is 6.36. The van der Waals surface area contributed by atoms with E-state index in [1.54, 1.807) is 24.3 Å². The number of unbranched alkanes of at least 4 members (excludes halogenated alkanes) is 1. The zero-order chi connectivity index (χ0) is 17.2. The molecule has 0 bridgehead atoms. The topological polar surface area (TPSA) is 98.5 Å². The fraction of sp³-hybridized carbons (Fsp3) is 0.400. The van der Waals surface area contributed by atoms with E-state index in [0.29, 0.717) is 17.2 Å². The van der Waals surface area contributed by atoms with Crippen molar-refractivity contribution in [2.24, 2.45) is 5.73 Å². The third kappa shape index (κ3) is 6.92. The van der Waals surface area contributed by atoms with Crippen LogP contribution >= 0.6 is 23.4 Å². The van der Waals surface area contributed by atoms with E-state index >= 15 is 0 Å². The summed E-state index contributed by atoms with van der Waals surface area (Å²) in [4.78, 5) is 35.4. The molecule has 1 aromatic carbocycles. The third-order valence-corrected chi connectivity index (χ3v) is 3.97. The van der Waals surface area contributed by atoms with E-state index in [-0.39, 0.29) is 12.2 Å². The molecule has 8 heteroatoms. The predicted molar refractivity (Wildman–Crippen MR) is 89.7 cm³/mol. The quantitative estimate of drug-likeness (QED) is 0.322. The Labute approximate surface area is 144 Å². The van der Waals surface area contributed by atoms with Crippen LogP contribution in [0.1, 0.15) is 30.1 Å². The van der Waals surface area contributed by atoms with Gasteiger partial charge in [-0.3, -0.25) is 9.59 Å². The molecule has 1 rings (SSSR count). The summed E-state index contributed by atoms with van der Waals surface area (Å²) in [6.07, 6.45) is 1.46. The van der Waals surface area contributed by atoms with Crippen LogP contribution in [0.3, 0.4) is 0 Å². The lowest BCUT2D eigenvalue weighted by Crippen LogP contribution is -2.42. The van der Waals surface area contributed by atoms with Crippen molar-refractivity contribution in [1.29, 1.82) is 0 Å². The summed E-state index contributed by atoms with van der Waals surface area (Å²) < 4.78 is 5.06. The highest BCUT2D eigenvalue weighted by atomic mass is 35.5. The molecule has 1 atom stereocenters. The molecule has 2 amide bonds. The number of amides is 2. The first-order valence-corrected chi connectivity index (χ1v) is 8.40. The molecule has 0 heterocycles. The Kier molecular flexibility index (Phi) is 8.50. The molecular formula is C15H19ClN2O4S. The number of primary amides is 1. The summed E-state index contributed by atoms with van der Waals surface area (Å²) in [5.74, 6) is -0.595. The third-order valence-electron chi connectivity index (χ3n) is 2.85. The fourth-order valence-electron chi connectivity index (χ4n) is 1.56. The lowest BCUT2D eigenvalue weighted by Gasteiger charge is -2.12. The van der Waals surface area contributed by atoms with Crippen LogP contribution in [0.4, 0.5) is 4.79 Å². The average Bonchev–Trinajstić information content (AvgIpc) is 2.51. The number of ether oxygens (including phenoxy) is 1. The first-order valence-electron chi connectivity index (χ1n) is 7.05. The van der Waals surface area contributed by atoms with Crippen LogP contribution in [0, 0.1) is 0 Å². The molecule has 23 heavy (non-hydrogen) atoms. The Hall–Kier alpha value is -1.73. The molecule has 0 unspecified atom stereocenters. The first-order chi connectivity index (χ1) is 11.0. The summed E-state index contributed by atoms with van der Waals surface area (Å²) in [7, 11) is 0. The van der Waals surface area contributed by atoms with Crippen LogP contribution < -0.4 is 11.1 Å². The van der Waals surface area contributed by atoms with Gasteiger partial charge in [0, 0.05) is 10.8 Å². The number of carbonyl (C=O) groups is 3. The molecule has 0 spiro atoms. The van der Waals surface area contributed by atoms with Crippen molar-refractivity contribution in [1.82, 2.24) is 5.32 Å². The van der Waals surface area contributed by atoms with E-state index in [1.165, 1.54) is 6.92 Å². The van der Waals surface area contributed by atoms with Gasteiger partial charge in [0.15, 0.2) is 0 Å². The number of nitrogens with two attached hydrogens (primary N) is 1. The maximum absolute atomic E-state index is 12.2. The van der Waals surface area contributed by atoms with Crippen molar-refractivity contribution in [3.8, 4) is 0 Å². The van der Waals surface area contributed by atoms with Crippen molar-refractivity contribution < 1.29 is 19.1 Å². The molecule has 0 fully saturated rings. The second kappa shape index (κ2) is 10.1. The standard InChI is InChI=1S/C15H19ClN2O4S/c1-10(13(17)19)18-14(20)11-6-2-3-7-12(11)23-15(21)22-9-5-4-8-16/h2-3,6-7,10H,4-5,8-9H2,1H3,(H2,17,19)(H,18,20)/t10-/m0/s1. The molecule has 0 radical (unpaired) electrons. The van der Waals surface area contributed by atoms with Gasteiger partial charge in [-0.2, -0.15) is 0 Å². The van der Waals surface area contributed by atoms with Crippen LogP contribution in [0.5, 0.6) is 0 Å². The Morgan fingerprint density at radius 2 is 2.00 bits per heavy atom. The highest BCUT2D eigenvalue weighted by Gasteiger charge is 2.18. The number of alkyl halides is 1. The summed E-state index contributed by atoms with van der Waals surface area (Å²) in [6.45, 7) is 1.77. The Bertz CT molecular complexity index is 568. The molecule has 0 saturated carbocycles. The van der Waals surface area contributed by atoms with Gasteiger partial charge in [-0.1, -0.05) is 12.1 Å².